The van der Waals surface area contributed by atoms with Gasteiger partial charge in [-0.1, -0.05) is 24.3 Å². The van der Waals surface area contributed by atoms with E-state index in [9.17, 15) is 9.59 Å². The number of amides is 1. The summed E-state index contributed by atoms with van der Waals surface area (Å²) in [5.74, 6) is -0.395. The van der Waals surface area contributed by atoms with Crippen molar-refractivity contribution in [2.75, 3.05) is 13.2 Å². The molecule has 0 atom stereocenters. The highest BCUT2D eigenvalue weighted by molar-refractivity contribution is 5.92. The molecule has 0 fully saturated rings. The molecule has 22 heavy (non-hydrogen) atoms. The number of hydrogen-bond acceptors (Lipinski definition) is 4. The molecule has 0 saturated carbocycles. The molecule has 0 aliphatic carbocycles. The first kappa shape index (κ1) is 15.8. The molecule has 1 heterocycles. The summed E-state index contributed by atoms with van der Waals surface area (Å²) in [7, 11) is 0. The van der Waals surface area contributed by atoms with Crippen LogP contribution in [-0.4, -0.2) is 25.0 Å². The van der Waals surface area contributed by atoms with Crippen LogP contribution in [-0.2, 0) is 16.0 Å². The second-order valence-electron chi connectivity index (χ2n) is 4.99. The van der Waals surface area contributed by atoms with Gasteiger partial charge in [-0.15, -0.1) is 0 Å². The standard InChI is InChI=1S/C17H19NO4/c1-12-5-3-4-6-14(12)7-9-18-16(19)11-22-17(20)15-8-10-21-13(15)2/h3-6,8,10H,7,9,11H2,1-2H3,(H,18,19). The molecule has 0 aliphatic rings. The zero-order valence-electron chi connectivity index (χ0n) is 12.7. The third-order valence-corrected chi connectivity index (χ3v) is 3.39. The number of rotatable bonds is 6. The third-order valence-electron chi connectivity index (χ3n) is 3.39. The fraction of sp³-hybridized carbons (Fsp3) is 0.294. The van der Waals surface area contributed by atoms with Crippen molar-refractivity contribution in [3.8, 4) is 0 Å². The Hall–Kier alpha value is -2.56. The molecule has 0 aliphatic heterocycles. The van der Waals surface area contributed by atoms with Gasteiger partial charge < -0.3 is 14.5 Å². The van der Waals surface area contributed by atoms with Gasteiger partial charge in [0.1, 0.15) is 11.3 Å². The first-order valence-corrected chi connectivity index (χ1v) is 7.10. The van der Waals surface area contributed by atoms with Crippen molar-refractivity contribution in [1.29, 1.82) is 0 Å². The summed E-state index contributed by atoms with van der Waals surface area (Å²) in [5.41, 5.74) is 2.72. The molecule has 0 bridgehead atoms. The number of benzene rings is 1. The van der Waals surface area contributed by atoms with Gasteiger partial charge in [0.25, 0.3) is 5.91 Å². The minimum Gasteiger partial charge on any atom is -0.469 e. The molecule has 5 nitrogen and oxygen atoms in total. The largest absolute Gasteiger partial charge is 0.469 e. The summed E-state index contributed by atoms with van der Waals surface area (Å²) in [6.07, 6.45) is 2.15. The minimum absolute atomic E-state index is 0.294. The second-order valence-corrected chi connectivity index (χ2v) is 4.99. The number of carbonyl (C=O) groups is 2. The number of hydrogen-bond donors (Lipinski definition) is 1. The Morgan fingerprint density at radius 1 is 1.18 bits per heavy atom. The van der Waals surface area contributed by atoms with Gasteiger partial charge in [0.05, 0.1) is 6.26 Å². The minimum atomic E-state index is -0.555. The highest BCUT2D eigenvalue weighted by Gasteiger charge is 2.14. The lowest BCUT2D eigenvalue weighted by Gasteiger charge is -2.08. The lowest BCUT2D eigenvalue weighted by atomic mass is 10.1. The molecule has 2 rings (SSSR count). The van der Waals surface area contributed by atoms with Crippen molar-refractivity contribution < 1.29 is 18.7 Å². The Bertz CT molecular complexity index is 660. The topological polar surface area (TPSA) is 68.5 Å². The van der Waals surface area contributed by atoms with E-state index in [2.05, 4.69) is 5.32 Å². The van der Waals surface area contributed by atoms with Crippen LogP contribution in [0.2, 0.25) is 0 Å². The van der Waals surface area contributed by atoms with Gasteiger partial charge in [-0.05, 0) is 37.5 Å². The Balaban J connectivity index is 1.71. The fourth-order valence-electron chi connectivity index (χ4n) is 2.08. The number of carbonyl (C=O) groups excluding carboxylic acids is 2. The van der Waals surface area contributed by atoms with E-state index in [1.807, 2.05) is 31.2 Å². The molecule has 1 amide bonds. The van der Waals surface area contributed by atoms with Crippen molar-refractivity contribution in [2.24, 2.45) is 0 Å². The van der Waals surface area contributed by atoms with E-state index in [1.165, 1.54) is 23.5 Å². The molecule has 1 aromatic carbocycles. The van der Waals surface area contributed by atoms with Crippen molar-refractivity contribution in [2.45, 2.75) is 20.3 Å². The Labute approximate surface area is 129 Å². The van der Waals surface area contributed by atoms with Crippen LogP contribution in [0.15, 0.2) is 41.0 Å². The zero-order chi connectivity index (χ0) is 15.9. The number of aryl methyl sites for hydroxylation is 2. The van der Waals surface area contributed by atoms with Gasteiger partial charge in [-0.3, -0.25) is 4.79 Å². The SMILES string of the molecule is Cc1ccccc1CCNC(=O)COC(=O)c1ccoc1C. The molecule has 1 N–H and O–H groups in total. The smallest absolute Gasteiger partial charge is 0.342 e. The van der Waals surface area contributed by atoms with Crippen LogP contribution in [0, 0.1) is 13.8 Å². The maximum atomic E-state index is 11.7. The molecular formula is C17H19NO4. The first-order valence-electron chi connectivity index (χ1n) is 7.10. The van der Waals surface area contributed by atoms with Crippen molar-refractivity contribution in [1.82, 2.24) is 5.32 Å². The maximum absolute atomic E-state index is 11.7. The van der Waals surface area contributed by atoms with Crippen LogP contribution in [0.4, 0.5) is 0 Å². The number of ether oxygens (including phenoxy) is 1. The molecule has 0 saturated heterocycles. The summed E-state index contributed by atoms with van der Waals surface area (Å²) < 4.78 is 9.96. The molecule has 0 spiro atoms. The van der Waals surface area contributed by atoms with E-state index in [-0.39, 0.29) is 12.5 Å². The molecule has 116 valence electrons. The Morgan fingerprint density at radius 3 is 2.64 bits per heavy atom. The molecule has 0 unspecified atom stereocenters. The quantitative estimate of drug-likeness (QED) is 0.832. The van der Waals surface area contributed by atoms with E-state index in [0.29, 0.717) is 17.9 Å². The fourth-order valence-corrected chi connectivity index (χ4v) is 2.08. The molecule has 2 aromatic rings. The van der Waals surface area contributed by atoms with Gasteiger partial charge in [-0.25, -0.2) is 4.79 Å². The monoisotopic (exact) mass is 301 g/mol. The molecule has 0 radical (unpaired) electrons. The molecular weight excluding hydrogens is 282 g/mol. The number of esters is 1. The van der Waals surface area contributed by atoms with Gasteiger partial charge in [-0.2, -0.15) is 0 Å². The maximum Gasteiger partial charge on any atom is 0.342 e. The summed E-state index contributed by atoms with van der Waals surface area (Å²) in [6, 6.07) is 9.54. The normalized spacial score (nSPS) is 10.3. The van der Waals surface area contributed by atoms with Crippen LogP contribution >= 0.6 is 0 Å². The average Bonchev–Trinajstić information content (AvgIpc) is 2.93. The summed E-state index contributed by atoms with van der Waals surface area (Å²) in [4.78, 5) is 23.4. The highest BCUT2D eigenvalue weighted by Crippen LogP contribution is 2.10. The number of nitrogens with one attached hydrogen (secondary N) is 1. The number of furan rings is 1. The van der Waals surface area contributed by atoms with Gasteiger partial charge in [0, 0.05) is 6.54 Å². The zero-order valence-corrected chi connectivity index (χ0v) is 12.7. The van der Waals surface area contributed by atoms with E-state index in [1.54, 1.807) is 6.92 Å². The first-order chi connectivity index (χ1) is 10.6. The average molecular weight is 301 g/mol. The lowest BCUT2D eigenvalue weighted by Crippen LogP contribution is -2.30. The lowest BCUT2D eigenvalue weighted by molar-refractivity contribution is -0.124. The van der Waals surface area contributed by atoms with Crippen LogP contribution in [0.25, 0.3) is 0 Å². The summed E-state index contributed by atoms with van der Waals surface area (Å²) in [5, 5.41) is 2.73. The molecule has 1 aromatic heterocycles. The van der Waals surface area contributed by atoms with Crippen molar-refractivity contribution in [3.63, 3.8) is 0 Å². The van der Waals surface area contributed by atoms with Crippen LogP contribution in [0.3, 0.4) is 0 Å². The van der Waals surface area contributed by atoms with Crippen molar-refractivity contribution in [3.05, 3.63) is 59.0 Å². The highest BCUT2D eigenvalue weighted by atomic mass is 16.5. The second kappa shape index (κ2) is 7.45. The van der Waals surface area contributed by atoms with Crippen LogP contribution in [0.1, 0.15) is 27.2 Å². The Kier molecular flexibility index (Phi) is 5.36. The summed E-state index contributed by atoms with van der Waals surface area (Å²) >= 11 is 0. The van der Waals surface area contributed by atoms with E-state index in [4.69, 9.17) is 9.15 Å². The van der Waals surface area contributed by atoms with Crippen LogP contribution in [0.5, 0.6) is 0 Å². The third kappa shape index (κ3) is 4.22. The Morgan fingerprint density at radius 2 is 1.95 bits per heavy atom. The predicted molar refractivity (Wildman–Crippen MR) is 81.6 cm³/mol. The van der Waals surface area contributed by atoms with E-state index in [0.717, 1.165) is 6.42 Å². The summed E-state index contributed by atoms with van der Waals surface area (Å²) in [6.45, 7) is 3.91. The van der Waals surface area contributed by atoms with Crippen molar-refractivity contribution >= 4 is 11.9 Å². The van der Waals surface area contributed by atoms with Gasteiger partial charge >= 0.3 is 5.97 Å². The van der Waals surface area contributed by atoms with Gasteiger partial charge in [0.15, 0.2) is 6.61 Å². The van der Waals surface area contributed by atoms with E-state index < -0.39 is 5.97 Å². The van der Waals surface area contributed by atoms with Gasteiger partial charge in [0.2, 0.25) is 0 Å². The van der Waals surface area contributed by atoms with E-state index >= 15 is 0 Å². The van der Waals surface area contributed by atoms with Crippen LogP contribution < -0.4 is 5.32 Å². The molecule has 5 heteroatoms. The predicted octanol–water partition coefficient (Wildman–Crippen LogP) is 2.41.